The number of carboxylic acids is 1. The Morgan fingerprint density at radius 2 is 1.91 bits per heavy atom. The molecule has 0 aromatic heterocycles. The normalized spacial score (nSPS) is 17.0. The summed E-state index contributed by atoms with van der Waals surface area (Å²) in [6.07, 6.45) is 0. The van der Waals surface area contributed by atoms with Crippen molar-refractivity contribution in [2.45, 2.75) is 18.9 Å². The van der Waals surface area contributed by atoms with Gasteiger partial charge in [-0.3, -0.25) is 4.79 Å². The van der Waals surface area contributed by atoms with Crippen LogP contribution in [0.25, 0.3) is 0 Å². The van der Waals surface area contributed by atoms with Gasteiger partial charge in [0.25, 0.3) is 5.91 Å². The minimum Gasteiger partial charge on any atom is -0.493 e. The number of carbonyl (C=O) groups excluding carboxylic acids is 1. The molecule has 0 saturated carbocycles. The van der Waals surface area contributed by atoms with Gasteiger partial charge in [0.2, 0.25) is 0 Å². The number of ether oxygens (including phenoxy) is 1. The predicted molar refractivity (Wildman–Crippen MR) is 85.0 cm³/mol. The van der Waals surface area contributed by atoms with Crippen molar-refractivity contribution in [2.24, 2.45) is 0 Å². The maximum atomic E-state index is 12.4. The molecule has 0 radical (unpaired) electrons. The molecule has 0 aliphatic carbocycles. The quantitative estimate of drug-likeness (QED) is 0.910. The zero-order valence-electron chi connectivity index (χ0n) is 12.7. The van der Waals surface area contributed by atoms with Gasteiger partial charge >= 0.3 is 5.97 Å². The minimum atomic E-state index is -1.05. The van der Waals surface area contributed by atoms with Crippen LogP contribution in [0.15, 0.2) is 48.5 Å². The smallest absolute Gasteiger partial charge is 0.335 e. The summed E-state index contributed by atoms with van der Waals surface area (Å²) in [5.74, 6) is -0.403. The zero-order chi connectivity index (χ0) is 16.4. The molecule has 5 heteroatoms. The van der Waals surface area contributed by atoms with Crippen LogP contribution in [-0.4, -0.2) is 29.6 Å². The Bertz CT molecular complexity index is 756. The van der Waals surface area contributed by atoms with Crippen molar-refractivity contribution >= 4 is 11.9 Å². The third-order valence-electron chi connectivity index (χ3n) is 4.07. The van der Waals surface area contributed by atoms with E-state index in [1.54, 1.807) is 12.1 Å². The summed E-state index contributed by atoms with van der Waals surface area (Å²) in [7, 11) is 0. The Balaban J connectivity index is 1.73. The lowest BCUT2D eigenvalue weighted by atomic mass is 9.94. The van der Waals surface area contributed by atoms with Crippen LogP contribution in [0, 0.1) is 0 Å². The summed E-state index contributed by atoms with van der Waals surface area (Å²) in [5.41, 5.74) is 1.52. The first-order chi connectivity index (χ1) is 11.1. The third-order valence-corrected chi connectivity index (χ3v) is 4.07. The van der Waals surface area contributed by atoms with Gasteiger partial charge in [-0.15, -0.1) is 0 Å². The third kappa shape index (κ3) is 3.04. The molecule has 118 valence electrons. The SMILES string of the molecule is C[C@@H](NC(=O)c1cccc(C(=O)O)c1)[C@H]1COc2ccccc21. The van der Waals surface area contributed by atoms with E-state index in [1.807, 2.05) is 31.2 Å². The average Bonchev–Trinajstić information content (AvgIpc) is 2.99. The number of hydrogen-bond donors (Lipinski definition) is 2. The number of fused-ring (bicyclic) bond motifs is 1. The van der Waals surface area contributed by atoms with Crippen molar-refractivity contribution in [1.29, 1.82) is 0 Å². The molecule has 0 saturated heterocycles. The van der Waals surface area contributed by atoms with Gasteiger partial charge in [-0.05, 0) is 31.2 Å². The van der Waals surface area contributed by atoms with E-state index in [0.29, 0.717) is 12.2 Å². The summed E-state index contributed by atoms with van der Waals surface area (Å²) in [6.45, 7) is 2.45. The average molecular weight is 311 g/mol. The van der Waals surface area contributed by atoms with Crippen molar-refractivity contribution in [3.05, 3.63) is 65.2 Å². The molecular formula is C18H17NO4. The molecule has 0 fully saturated rings. The van der Waals surface area contributed by atoms with E-state index >= 15 is 0 Å². The molecule has 2 N–H and O–H groups in total. The molecule has 0 spiro atoms. The van der Waals surface area contributed by atoms with Gasteiger partial charge in [0, 0.05) is 23.1 Å². The van der Waals surface area contributed by atoms with E-state index in [-0.39, 0.29) is 23.4 Å². The summed E-state index contributed by atoms with van der Waals surface area (Å²) < 4.78 is 5.64. The van der Waals surface area contributed by atoms with Crippen molar-refractivity contribution in [3.63, 3.8) is 0 Å². The molecule has 2 aromatic carbocycles. The number of nitrogens with one attached hydrogen (secondary N) is 1. The molecule has 1 heterocycles. The fourth-order valence-corrected chi connectivity index (χ4v) is 2.79. The Morgan fingerprint density at radius 1 is 1.17 bits per heavy atom. The second-order valence-corrected chi connectivity index (χ2v) is 5.60. The molecule has 0 unspecified atom stereocenters. The highest BCUT2D eigenvalue weighted by Gasteiger charge is 2.29. The topological polar surface area (TPSA) is 75.6 Å². The highest BCUT2D eigenvalue weighted by atomic mass is 16.5. The predicted octanol–water partition coefficient (Wildman–Crippen LogP) is 2.68. The molecule has 2 atom stereocenters. The van der Waals surface area contributed by atoms with Gasteiger partial charge in [-0.2, -0.15) is 0 Å². The van der Waals surface area contributed by atoms with Crippen LogP contribution >= 0.6 is 0 Å². The maximum absolute atomic E-state index is 12.4. The number of benzene rings is 2. The number of hydrogen-bond acceptors (Lipinski definition) is 3. The first kappa shape index (κ1) is 15.1. The molecule has 2 aromatic rings. The molecule has 0 bridgehead atoms. The largest absolute Gasteiger partial charge is 0.493 e. The van der Waals surface area contributed by atoms with Gasteiger partial charge in [0.05, 0.1) is 12.2 Å². The Hall–Kier alpha value is -2.82. The van der Waals surface area contributed by atoms with E-state index in [4.69, 9.17) is 9.84 Å². The number of amides is 1. The van der Waals surface area contributed by atoms with Crippen LogP contribution < -0.4 is 10.1 Å². The second-order valence-electron chi connectivity index (χ2n) is 5.60. The number of carbonyl (C=O) groups is 2. The summed E-state index contributed by atoms with van der Waals surface area (Å²) in [6, 6.07) is 13.7. The Morgan fingerprint density at radius 3 is 2.70 bits per heavy atom. The molecule has 1 amide bonds. The molecule has 23 heavy (non-hydrogen) atoms. The lowest BCUT2D eigenvalue weighted by Gasteiger charge is -2.20. The Kier molecular flexibility index (Phi) is 4.02. The zero-order valence-corrected chi connectivity index (χ0v) is 12.7. The van der Waals surface area contributed by atoms with Crippen molar-refractivity contribution in [3.8, 4) is 5.75 Å². The summed E-state index contributed by atoms with van der Waals surface area (Å²) in [5, 5.41) is 11.9. The number of carboxylic acid groups (broad SMARTS) is 1. The fraction of sp³-hybridized carbons (Fsp3) is 0.222. The maximum Gasteiger partial charge on any atom is 0.335 e. The summed E-state index contributed by atoms with van der Waals surface area (Å²) >= 11 is 0. The minimum absolute atomic E-state index is 0.0813. The Labute approximate surface area is 133 Å². The number of para-hydroxylation sites is 1. The summed E-state index contributed by atoms with van der Waals surface area (Å²) in [4.78, 5) is 23.3. The monoisotopic (exact) mass is 311 g/mol. The molecule has 1 aliphatic heterocycles. The highest BCUT2D eigenvalue weighted by Crippen LogP contribution is 2.35. The van der Waals surface area contributed by atoms with Crippen LogP contribution in [0.2, 0.25) is 0 Å². The fourth-order valence-electron chi connectivity index (χ4n) is 2.79. The molecule has 1 aliphatic rings. The van der Waals surface area contributed by atoms with Crippen LogP contribution in [-0.2, 0) is 0 Å². The molecular weight excluding hydrogens is 294 g/mol. The van der Waals surface area contributed by atoms with E-state index in [0.717, 1.165) is 11.3 Å². The van der Waals surface area contributed by atoms with E-state index in [9.17, 15) is 9.59 Å². The van der Waals surface area contributed by atoms with Crippen molar-refractivity contribution in [2.75, 3.05) is 6.61 Å². The first-order valence-electron chi connectivity index (χ1n) is 7.42. The van der Waals surface area contributed by atoms with Crippen molar-refractivity contribution < 1.29 is 19.4 Å². The molecule has 3 rings (SSSR count). The van der Waals surface area contributed by atoms with Crippen LogP contribution in [0.1, 0.15) is 39.1 Å². The van der Waals surface area contributed by atoms with Crippen LogP contribution in [0.5, 0.6) is 5.75 Å². The van der Waals surface area contributed by atoms with E-state index in [1.165, 1.54) is 12.1 Å². The van der Waals surface area contributed by atoms with Gasteiger partial charge < -0.3 is 15.2 Å². The standard InChI is InChI=1S/C18H17NO4/c1-11(15-10-23-16-8-3-2-7-14(15)16)19-17(20)12-5-4-6-13(9-12)18(21)22/h2-9,11,15H,10H2,1H3,(H,19,20)(H,21,22)/t11-,15-/m1/s1. The first-order valence-corrected chi connectivity index (χ1v) is 7.42. The van der Waals surface area contributed by atoms with Crippen LogP contribution in [0.4, 0.5) is 0 Å². The van der Waals surface area contributed by atoms with Gasteiger partial charge in [-0.25, -0.2) is 4.79 Å². The lowest BCUT2D eigenvalue weighted by Crippen LogP contribution is -2.37. The van der Waals surface area contributed by atoms with Gasteiger partial charge in [0.15, 0.2) is 0 Å². The van der Waals surface area contributed by atoms with E-state index in [2.05, 4.69) is 5.32 Å². The lowest BCUT2D eigenvalue weighted by molar-refractivity contribution is 0.0697. The molecule has 5 nitrogen and oxygen atoms in total. The van der Waals surface area contributed by atoms with E-state index < -0.39 is 5.97 Å². The van der Waals surface area contributed by atoms with Gasteiger partial charge in [0.1, 0.15) is 5.75 Å². The number of rotatable bonds is 4. The van der Waals surface area contributed by atoms with Crippen LogP contribution in [0.3, 0.4) is 0 Å². The number of aromatic carboxylic acids is 1. The van der Waals surface area contributed by atoms with Crippen molar-refractivity contribution in [1.82, 2.24) is 5.32 Å². The second kappa shape index (κ2) is 6.12. The highest BCUT2D eigenvalue weighted by molar-refractivity contribution is 5.97. The van der Waals surface area contributed by atoms with Gasteiger partial charge in [-0.1, -0.05) is 24.3 Å².